The third-order valence-electron chi connectivity index (χ3n) is 4.45. The number of aryl methyl sites for hydroxylation is 1. The van der Waals surface area contributed by atoms with Gasteiger partial charge in [0.25, 0.3) is 0 Å². The smallest absolute Gasteiger partial charge is 0.174 e. The van der Waals surface area contributed by atoms with Gasteiger partial charge in [-0.2, -0.15) is 0 Å². The lowest BCUT2D eigenvalue weighted by molar-refractivity contribution is 0.153. The zero-order valence-corrected chi connectivity index (χ0v) is 14.8. The number of hydrogen-bond acceptors (Lipinski definition) is 2. The maximum absolute atomic E-state index is 13.8. The zero-order chi connectivity index (χ0) is 17.1. The van der Waals surface area contributed by atoms with E-state index in [1.807, 2.05) is 24.3 Å². The van der Waals surface area contributed by atoms with Crippen molar-refractivity contribution in [2.75, 3.05) is 32.0 Å². The van der Waals surface area contributed by atoms with Crippen LogP contribution in [-0.4, -0.2) is 41.6 Å². The van der Waals surface area contributed by atoms with E-state index in [4.69, 9.17) is 12.2 Å². The lowest BCUT2D eigenvalue weighted by Gasteiger charge is -2.41. The summed E-state index contributed by atoms with van der Waals surface area (Å²) >= 11 is 5.62. The molecule has 24 heavy (non-hydrogen) atoms. The van der Waals surface area contributed by atoms with Crippen LogP contribution >= 0.6 is 12.2 Å². The first-order valence-electron chi connectivity index (χ1n) is 8.12. The van der Waals surface area contributed by atoms with E-state index in [9.17, 15) is 4.39 Å². The fourth-order valence-electron chi connectivity index (χ4n) is 2.99. The Labute approximate surface area is 148 Å². The molecule has 0 saturated carbocycles. The topological polar surface area (TPSA) is 18.5 Å². The first kappa shape index (κ1) is 16.9. The molecule has 1 heterocycles. The number of benzene rings is 2. The molecule has 3 nitrogen and oxygen atoms in total. The highest BCUT2D eigenvalue weighted by atomic mass is 32.1. The first-order valence-corrected chi connectivity index (χ1v) is 8.52. The Hall–Kier alpha value is -1.98. The second-order valence-corrected chi connectivity index (χ2v) is 6.66. The van der Waals surface area contributed by atoms with Gasteiger partial charge in [-0.25, -0.2) is 4.39 Å². The molecule has 0 bridgehead atoms. The highest BCUT2D eigenvalue weighted by molar-refractivity contribution is 7.80. The van der Waals surface area contributed by atoms with E-state index < -0.39 is 0 Å². The molecular weight excluding hydrogens is 321 g/mol. The van der Waals surface area contributed by atoms with Gasteiger partial charge in [-0.05, 0) is 49.4 Å². The van der Waals surface area contributed by atoms with Gasteiger partial charge in [-0.1, -0.05) is 36.4 Å². The maximum atomic E-state index is 13.8. The number of anilines is 1. The molecule has 1 fully saturated rings. The molecule has 0 amide bonds. The summed E-state index contributed by atoms with van der Waals surface area (Å²) in [5.74, 6) is -0.221. The van der Waals surface area contributed by atoms with Gasteiger partial charge < -0.3 is 15.1 Å². The predicted octanol–water partition coefficient (Wildman–Crippen LogP) is 3.82. The zero-order valence-electron chi connectivity index (χ0n) is 14.0. The van der Waals surface area contributed by atoms with Gasteiger partial charge in [0.05, 0.1) is 6.04 Å². The van der Waals surface area contributed by atoms with Gasteiger partial charge in [0.2, 0.25) is 0 Å². The van der Waals surface area contributed by atoms with Gasteiger partial charge >= 0.3 is 0 Å². The molecule has 1 N–H and O–H groups in total. The van der Waals surface area contributed by atoms with Crippen LogP contribution in [0.5, 0.6) is 0 Å². The monoisotopic (exact) mass is 343 g/mol. The number of likely N-dealkylation sites (N-methyl/N-ethyl adjacent to an activating group) is 1. The number of piperazine rings is 1. The van der Waals surface area contributed by atoms with E-state index in [2.05, 4.69) is 34.3 Å². The molecule has 5 heteroatoms. The summed E-state index contributed by atoms with van der Waals surface area (Å²) in [5, 5.41) is 3.83. The Morgan fingerprint density at radius 3 is 2.62 bits per heavy atom. The van der Waals surface area contributed by atoms with Gasteiger partial charge in [0, 0.05) is 25.3 Å². The molecule has 1 aliphatic rings. The van der Waals surface area contributed by atoms with E-state index in [1.54, 1.807) is 13.0 Å². The average Bonchev–Trinajstić information content (AvgIpc) is 2.59. The van der Waals surface area contributed by atoms with Gasteiger partial charge in [0.15, 0.2) is 5.11 Å². The number of halogens is 1. The summed E-state index contributed by atoms with van der Waals surface area (Å²) in [6.45, 7) is 4.46. The Balaban J connectivity index is 1.79. The minimum Gasteiger partial charge on any atom is -0.339 e. The Kier molecular flexibility index (Phi) is 5.11. The highest BCUT2D eigenvalue weighted by Gasteiger charge is 2.28. The van der Waals surface area contributed by atoms with Crippen molar-refractivity contribution in [2.45, 2.75) is 13.0 Å². The van der Waals surface area contributed by atoms with Crippen LogP contribution in [0.3, 0.4) is 0 Å². The molecule has 126 valence electrons. The van der Waals surface area contributed by atoms with Crippen LogP contribution in [0.2, 0.25) is 0 Å². The van der Waals surface area contributed by atoms with Crippen molar-refractivity contribution in [2.24, 2.45) is 0 Å². The second kappa shape index (κ2) is 7.28. The van der Waals surface area contributed by atoms with Crippen LogP contribution in [0.15, 0.2) is 48.5 Å². The minimum atomic E-state index is -0.221. The lowest BCUT2D eigenvalue weighted by Crippen LogP contribution is -2.50. The highest BCUT2D eigenvalue weighted by Crippen LogP contribution is 2.26. The van der Waals surface area contributed by atoms with Gasteiger partial charge in [-0.3, -0.25) is 0 Å². The Bertz CT molecular complexity index is 720. The van der Waals surface area contributed by atoms with E-state index in [0.29, 0.717) is 16.4 Å². The number of thiocarbonyl (C=S) groups is 1. The quantitative estimate of drug-likeness (QED) is 0.835. The van der Waals surface area contributed by atoms with Crippen LogP contribution in [-0.2, 0) is 0 Å². The van der Waals surface area contributed by atoms with E-state index in [1.165, 1.54) is 11.6 Å². The van der Waals surface area contributed by atoms with Crippen LogP contribution in [0, 0.1) is 12.7 Å². The summed E-state index contributed by atoms with van der Waals surface area (Å²) in [6.07, 6.45) is 0. The van der Waals surface area contributed by atoms with Crippen LogP contribution in [0.1, 0.15) is 17.2 Å². The van der Waals surface area contributed by atoms with Gasteiger partial charge in [-0.15, -0.1) is 0 Å². The molecule has 0 spiro atoms. The normalized spacial score (nSPS) is 18.5. The number of nitrogens with zero attached hydrogens (tertiary/aromatic N) is 2. The van der Waals surface area contributed by atoms with Crippen molar-refractivity contribution in [1.29, 1.82) is 0 Å². The molecule has 3 rings (SSSR count). The molecule has 0 aliphatic carbocycles. The Morgan fingerprint density at radius 2 is 1.92 bits per heavy atom. The molecule has 2 aromatic carbocycles. The molecule has 0 unspecified atom stereocenters. The number of hydrogen-bond donors (Lipinski definition) is 1. The van der Waals surface area contributed by atoms with Crippen LogP contribution in [0.25, 0.3) is 0 Å². The molecule has 0 aromatic heterocycles. The van der Waals surface area contributed by atoms with E-state index in [-0.39, 0.29) is 11.9 Å². The molecular formula is C19H22FN3S. The largest absolute Gasteiger partial charge is 0.339 e. The first-order chi connectivity index (χ1) is 11.5. The molecule has 2 aromatic rings. The molecule has 1 atom stereocenters. The van der Waals surface area contributed by atoms with Crippen molar-refractivity contribution in [1.82, 2.24) is 9.80 Å². The van der Waals surface area contributed by atoms with Crippen LogP contribution < -0.4 is 5.32 Å². The summed E-state index contributed by atoms with van der Waals surface area (Å²) in [7, 11) is 2.12. The number of rotatable bonds is 2. The molecule has 1 aliphatic heterocycles. The maximum Gasteiger partial charge on any atom is 0.174 e. The van der Waals surface area contributed by atoms with Gasteiger partial charge in [0.1, 0.15) is 5.82 Å². The van der Waals surface area contributed by atoms with Crippen molar-refractivity contribution in [3.8, 4) is 0 Å². The van der Waals surface area contributed by atoms with Crippen molar-refractivity contribution < 1.29 is 4.39 Å². The summed E-state index contributed by atoms with van der Waals surface area (Å²) in [6, 6.07) is 15.7. The van der Waals surface area contributed by atoms with Crippen molar-refractivity contribution in [3.63, 3.8) is 0 Å². The van der Waals surface area contributed by atoms with Crippen LogP contribution in [0.4, 0.5) is 10.1 Å². The third kappa shape index (κ3) is 3.74. The molecule has 0 radical (unpaired) electrons. The minimum absolute atomic E-state index is 0.195. The van der Waals surface area contributed by atoms with E-state index >= 15 is 0 Å². The fraction of sp³-hybridized carbons (Fsp3) is 0.316. The Morgan fingerprint density at radius 1 is 1.17 bits per heavy atom. The SMILES string of the molecule is Cc1ccc(NC(=S)N2CCN(C)C[C@H]2c2ccccc2)cc1F. The van der Waals surface area contributed by atoms with E-state index in [0.717, 1.165) is 19.6 Å². The summed E-state index contributed by atoms with van der Waals surface area (Å²) < 4.78 is 13.8. The molecule has 1 saturated heterocycles. The lowest BCUT2D eigenvalue weighted by atomic mass is 10.0. The second-order valence-electron chi connectivity index (χ2n) is 6.28. The summed E-state index contributed by atoms with van der Waals surface area (Å²) in [5.41, 5.74) is 2.56. The third-order valence-corrected chi connectivity index (χ3v) is 4.79. The fourth-order valence-corrected chi connectivity index (χ4v) is 3.33. The van der Waals surface area contributed by atoms with Crippen molar-refractivity contribution in [3.05, 3.63) is 65.5 Å². The number of nitrogens with one attached hydrogen (secondary N) is 1. The summed E-state index contributed by atoms with van der Waals surface area (Å²) in [4.78, 5) is 4.50. The predicted molar refractivity (Wildman–Crippen MR) is 101 cm³/mol. The standard InChI is InChI=1S/C19H22FN3S/c1-14-8-9-16(12-17(14)20)21-19(24)23-11-10-22(2)13-18(23)15-6-4-3-5-7-15/h3-9,12,18H,10-11,13H2,1-2H3,(H,21,24)/t18-/m0/s1. The average molecular weight is 343 g/mol. The van der Waals surface area contributed by atoms with Crippen molar-refractivity contribution >= 4 is 23.0 Å².